The molecule has 152 valence electrons. The molecule has 0 saturated carbocycles. The smallest absolute Gasteiger partial charge is 0.348 e. The number of carbonyl (C=O) groups is 2. The number of nitrogens with zero attached hydrogens (tertiary/aromatic N) is 3. The van der Waals surface area contributed by atoms with Gasteiger partial charge in [-0.2, -0.15) is 0 Å². The van der Waals surface area contributed by atoms with Gasteiger partial charge in [0.15, 0.2) is 0 Å². The Morgan fingerprint density at radius 2 is 1.89 bits per heavy atom. The molecule has 1 aliphatic rings. The maximum atomic E-state index is 12.9. The van der Waals surface area contributed by atoms with Crippen molar-refractivity contribution in [2.75, 3.05) is 19.7 Å². The molecular formula is C20H27N3O4S. The van der Waals surface area contributed by atoms with Crippen LogP contribution in [0.25, 0.3) is 10.2 Å². The van der Waals surface area contributed by atoms with Crippen molar-refractivity contribution in [3.63, 3.8) is 0 Å². The summed E-state index contributed by atoms with van der Waals surface area (Å²) < 4.78 is 6.65. The van der Waals surface area contributed by atoms with Crippen LogP contribution in [-0.4, -0.2) is 46.0 Å². The van der Waals surface area contributed by atoms with Gasteiger partial charge in [0.2, 0.25) is 5.91 Å². The van der Waals surface area contributed by atoms with E-state index in [9.17, 15) is 14.4 Å². The number of hydrogen-bond acceptors (Lipinski definition) is 6. The van der Waals surface area contributed by atoms with Gasteiger partial charge in [0, 0.05) is 13.1 Å². The summed E-state index contributed by atoms with van der Waals surface area (Å²) in [4.78, 5) is 45.0. The molecule has 0 aromatic carbocycles. The Labute approximate surface area is 168 Å². The summed E-state index contributed by atoms with van der Waals surface area (Å²) in [7, 11) is 0. The van der Waals surface area contributed by atoms with E-state index in [2.05, 4.69) is 4.98 Å². The fourth-order valence-corrected chi connectivity index (χ4v) is 4.37. The van der Waals surface area contributed by atoms with Crippen molar-refractivity contribution in [3.05, 3.63) is 27.1 Å². The van der Waals surface area contributed by atoms with Crippen LogP contribution in [-0.2, 0) is 16.1 Å². The number of amides is 1. The molecule has 0 radical (unpaired) electrons. The summed E-state index contributed by atoms with van der Waals surface area (Å²) in [6.45, 7) is 7.45. The average Bonchev–Trinajstić information content (AvgIpc) is 2.84. The highest BCUT2D eigenvalue weighted by molar-refractivity contribution is 7.20. The number of likely N-dealkylation sites (tertiary alicyclic amines) is 1. The first-order valence-corrected chi connectivity index (χ1v) is 10.6. The van der Waals surface area contributed by atoms with Crippen molar-refractivity contribution in [1.29, 1.82) is 0 Å². The molecule has 2 aromatic heterocycles. The van der Waals surface area contributed by atoms with Crippen LogP contribution < -0.4 is 5.56 Å². The van der Waals surface area contributed by atoms with E-state index in [1.807, 2.05) is 18.7 Å². The summed E-state index contributed by atoms with van der Waals surface area (Å²) in [6.07, 6.45) is 5.69. The molecule has 1 amide bonds. The van der Waals surface area contributed by atoms with Crippen molar-refractivity contribution >= 4 is 33.4 Å². The van der Waals surface area contributed by atoms with E-state index in [1.165, 1.54) is 10.9 Å². The number of carbonyl (C=O) groups excluding carboxylic acids is 2. The standard InChI is InChI=1S/C20H27N3O4S/c1-13(2)11-27-20(26)17-14(3)16-18(28-17)21-12-23(19(16)25)10-15(24)22-8-6-4-5-7-9-22/h12-13H,4-11H2,1-3H3. The zero-order valence-electron chi connectivity index (χ0n) is 16.7. The fraction of sp³-hybridized carbons (Fsp3) is 0.600. The zero-order valence-corrected chi connectivity index (χ0v) is 17.5. The van der Waals surface area contributed by atoms with Crippen LogP contribution in [0.15, 0.2) is 11.1 Å². The van der Waals surface area contributed by atoms with Crippen LogP contribution in [0.2, 0.25) is 0 Å². The Morgan fingerprint density at radius 1 is 1.21 bits per heavy atom. The summed E-state index contributed by atoms with van der Waals surface area (Å²) in [5.74, 6) is -0.255. The van der Waals surface area contributed by atoms with E-state index >= 15 is 0 Å². The third kappa shape index (κ3) is 4.43. The Bertz CT molecular complexity index is 923. The maximum absolute atomic E-state index is 12.9. The monoisotopic (exact) mass is 405 g/mol. The summed E-state index contributed by atoms with van der Waals surface area (Å²) >= 11 is 1.16. The summed E-state index contributed by atoms with van der Waals surface area (Å²) in [5, 5.41) is 0.396. The first kappa shape index (κ1) is 20.5. The van der Waals surface area contributed by atoms with Gasteiger partial charge in [0.1, 0.15) is 16.3 Å². The van der Waals surface area contributed by atoms with Crippen molar-refractivity contribution in [2.24, 2.45) is 5.92 Å². The number of aromatic nitrogens is 2. The van der Waals surface area contributed by atoms with E-state index in [4.69, 9.17) is 4.74 Å². The van der Waals surface area contributed by atoms with E-state index < -0.39 is 5.97 Å². The Hall–Kier alpha value is -2.22. The van der Waals surface area contributed by atoms with Gasteiger partial charge in [-0.1, -0.05) is 26.7 Å². The number of rotatable bonds is 5. The average molecular weight is 406 g/mol. The molecular weight excluding hydrogens is 378 g/mol. The van der Waals surface area contributed by atoms with Gasteiger partial charge in [0.25, 0.3) is 5.56 Å². The molecule has 0 atom stereocenters. The predicted molar refractivity (Wildman–Crippen MR) is 109 cm³/mol. The van der Waals surface area contributed by atoms with Crippen LogP contribution in [0.1, 0.15) is 54.8 Å². The third-order valence-electron chi connectivity index (χ3n) is 4.91. The number of thiophene rings is 1. The minimum atomic E-state index is -0.430. The van der Waals surface area contributed by atoms with Crippen molar-refractivity contribution in [1.82, 2.24) is 14.5 Å². The lowest BCUT2D eigenvalue weighted by Gasteiger charge is -2.20. The van der Waals surface area contributed by atoms with Crippen molar-refractivity contribution < 1.29 is 14.3 Å². The molecule has 1 saturated heterocycles. The van der Waals surface area contributed by atoms with Crippen molar-refractivity contribution in [2.45, 2.75) is 53.0 Å². The molecule has 0 aliphatic carbocycles. The van der Waals surface area contributed by atoms with Crippen LogP contribution in [0.4, 0.5) is 0 Å². The predicted octanol–water partition coefficient (Wildman–Crippen LogP) is 2.98. The van der Waals surface area contributed by atoms with E-state index in [0.29, 0.717) is 27.3 Å². The largest absolute Gasteiger partial charge is 0.461 e. The minimum Gasteiger partial charge on any atom is -0.461 e. The first-order chi connectivity index (χ1) is 13.4. The highest BCUT2D eigenvalue weighted by Crippen LogP contribution is 2.27. The molecule has 28 heavy (non-hydrogen) atoms. The van der Waals surface area contributed by atoms with Gasteiger partial charge in [-0.15, -0.1) is 11.3 Å². The minimum absolute atomic E-state index is 0.0236. The Kier molecular flexibility index (Phi) is 6.49. The maximum Gasteiger partial charge on any atom is 0.348 e. The highest BCUT2D eigenvalue weighted by atomic mass is 32.1. The number of ether oxygens (including phenoxy) is 1. The second-order valence-corrected chi connectivity index (χ2v) is 8.70. The van der Waals surface area contributed by atoms with Gasteiger partial charge >= 0.3 is 5.97 Å². The lowest BCUT2D eigenvalue weighted by molar-refractivity contribution is -0.131. The van der Waals surface area contributed by atoms with Crippen LogP contribution in [0.3, 0.4) is 0 Å². The second kappa shape index (κ2) is 8.86. The van der Waals surface area contributed by atoms with Crippen LogP contribution in [0.5, 0.6) is 0 Å². The number of esters is 1. The van der Waals surface area contributed by atoms with E-state index in [0.717, 1.165) is 50.1 Å². The van der Waals surface area contributed by atoms with Gasteiger partial charge in [-0.25, -0.2) is 9.78 Å². The zero-order chi connectivity index (χ0) is 20.3. The molecule has 1 aliphatic heterocycles. The topological polar surface area (TPSA) is 81.5 Å². The van der Waals surface area contributed by atoms with Crippen LogP contribution in [0, 0.1) is 12.8 Å². The lowest BCUT2D eigenvalue weighted by Crippen LogP contribution is -2.37. The molecule has 0 bridgehead atoms. The van der Waals surface area contributed by atoms with Gasteiger partial charge in [-0.05, 0) is 31.2 Å². The van der Waals surface area contributed by atoms with E-state index in [-0.39, 0.29) is 23.9 Å². The fourth-order valence-electron chi connectivity index (χ4n) is 3.34. The molecule has 0 unspecified atom stereocenters. The lowest BCUT2D eigenvalue weighted by atomic mass is 10.2. The number of aryl methyl sites for hydroxylation is 1. The number of hydrogen-bond donors (Lipinski definition) is 0. The summed E-state index contributed by atoms with van der Waals surface area (Å²) in [6, 6.07) is 0. The molecule has 3 heterocycles. The normalized spacial score (nSPS) is 15.1. The first-order valence-electron chi connectivity index (χ1n) is 9.82. The summed E-state index contributed by atoms with van der Waals surface area (Å²) in [5.41, 5.74) is 0.285. The van der Waals surface area contributed by atoms with Gasteiger partial charge in [0.05, 0.1) is 18.3 Å². The molecule has 8 heteroatoms. The molecule has 0 spiro atoms. The molecule has 0 N–H and O–H groups in total. The Balaban J connectivity index is 1.84. The third-order valence-corrected chi connectivity index (χ3v) is 6.09. The molecule has 2 aromatic rings. The van der Waals surface area contributed by atoms with Gasteiger partial charge < -0.3 is 9.64 Å². The Morgan fingerprint density at radius 3 is 2.54 bits per heavy atom. The second-order valence-electron chi connectivity index (χ2n) is 7.70. The van der Waals surface area contributed by atoms with E-state index in [1.54, 1.807) is 6.92 Å². The van der Waals surface area contributed by atoms with Crippen molar-refractivity contribution in [3.8, 4) is 0 Å². The molecule has 7 nitrogen and oxygen atoms in total. The van der Waals surface area contributed by atoms with Gasteiger partial charge in [-0.3, -0.25) is 14.2 Å². The quantitative estimate of drug-likeness (QED) is 0.715. The van der Waals surface area contributed by atoms with Crippen LogP contribution >= 0.6 is 11.3 Å². The number of fused-ring (bicyclic) bond motifs is 1. The molecule has 3 rings (SSSR count). The SMILES string of the molecule is Cc1c(C(=O)OCC(C)C)sc2ncn(CC(=O)N3CCCCCC3)c(=O)c12. The highest BCUT2D eigenvalue weighted by Gasteiger charge is 2.22. The molecule has 1 fully saturated rings.